The van der Waals surface area contributed by atoms with E-state index in [-0.39, 0.29) is 24.3 Å². The average molecular weight is 326 g/mol. The number of likely N-dealkylation sites (N-methyl/N-ethyl adjacent to an activating group) is 1. The lowest BCUT2D eigenvalue weighted by Gasteiger charge is -2.32. The van der Waals surface area contributed by atoms with E-state index in [2.05, 4.69) is 10.2 Å². The van der Waals surface area contributed by atoms with Crippen LogP contribution in [0.1, 0.15) is 19.3 Å². The molecular formula is C16H30N4O3. The minimum Gasteiger partial charge on any atom is -0.379 e. The van der Waals surface area contributed by atoms with Gasteiger partial charge in [0.25, 0.3) is 0 Å². The highest BCUT2D eigenvalue weighted by Crippen LogP contribution is 2.09. The Bertz CT molecular complexity index is 399. The molecule has 0 aliphatic carbocycles. The summed E-state index contributed by atoms with van der Waals surface area (Å²) in [6, 6.07) is -0.327. The van der Waals surface area contributed by atoms with Crippen molar-refractivity contribution in [3.8, 4) is 0 Å². The molecule has 1 atom stereocenters. The van der Waals surface area contributed by atoms with E-state index in [0.29, 0.717) is 6.54 Å². The highest BCUT2D eigenvalue weighted by atomic mass is 16.5. The molecule has 7 nitrogen and oxygen atoms in total. The molecule has 2 amide bonds. The van der Waals surface area contributed by atoms with Gasteiger partial charge in [0, 0.05) is 39.8 Å². The van der Waals surface area contributed by atoms with Crippen LogP contribution in [0.3, 0.4) is 0 Å². The van der Waals surface area contributed by atoms with Crippen LogP contribution in [0.15, 0.2) is 0 Å². The Labute approximate surface area is 138 Å². The number of piperazine rings is 1. The summed E-state index contributed by atoms with van der Waals surface area (Å²) in [5, 5.41) is 2.83. The van der Waals surface area contributed by atoms with Crippen molar-refractivity contribution in [2.24, 2.45) is 0 Å². The molecule has 2 rings (SSSR count). The van der Waals surface area contributed by atoms with Gasteiger partial charge in [-0.3, -0.25) is 19.4 Å². The summed E-state index contributed by atoms with van der Waals surface area (Å²) < 4.78 is 5.33. The third-order valence-corrected chi connectivity index (χ3v) is 4.71. The molecule has 0 aromatic heterocycles. The maximum atomic E-state index is 12.3. The van der Waals surface area contributed by atoms with Crippen molar-refractivity contribution in [2.75, 3.05) is 66.6 Å². The molecule has 0 radical (unpaired) electrons. The maximum Gasteiger partial charge on any atom is 0.237 e. The number of hydrogen-bond acceptors (Lipinski definition) is 5. The Kier molecular flexibility index (Phi) is 7.26. The van der Waals surface area contributed by atoms with Gasteiger partial charge in [0.15, 0.2) is 0 Å². The molecule has 132 valence electrons. The molecule has 1 unspecified atom stereocenters. The zero-order valence-electron chi connectivity index (χ0n) is 14.4. The Morgan fingerprint density at radius 3 is 2.74 bits per heavy atom. The van der Waals surface area contributed by atoms with E-state index >= 15 is 0 Å². The fourth-order valence-electron chi connectivity index (χ4n) is 3.03. The third-order valence-electron chi connectivity index (χ3n) is 4.71. The van der Waals surface area contributed by atoms with Gasteiger partial charge < -0.3 is 15.0 Å². The van der Waals surface area contributed by atoms with Crippen LogP contribution in [-0.2, 0) is 14.3 Å². The van der Waals surface area contributed by atoms with Crippen LogP contribution in [0.5, 0.6) is 0 Å². The standard InChI is InChI=1S/C16H30N4O3/c1-18-8-5-17-16(22)14(18)13-15(21)19(2)6-3-4-7-20-9-11-23-12-10-20/h14H,3-13H2,1-2H3,(H,17,22). The molecule has 0 bridgehead atoms. The topological polar surface area (TPSA) is 65.1 Å². The fraction of sp³-hybridized carbons (Fsp3) is 0.875. The van der Waals surface area contributed by atoms with Gasteiger partial charge in [0.2, 0.25) is 11.8 Å². The van der Waals surface area contributed by atoms with Gasteiger partial charge in [0.05, 0.1) is 25.7 Å². The van der Waals surface area contributed by atoms with E-state index in [1.54, 1.807) is 4.90 Å². The number of nitrogens with one attached hydrogen (secondary N) is 1. The number of carbonyl (C=O) groups excluding carboxylic acids is 2. The van der Waals surface area contributed by atoms with Crippen LogP contribution in [0.2, 0.25) is 0 Å². The number of ether oxygens (including phenoxy) is 1. The summed E-state index contributed by atoms with van der Waals surface area (Å²) in [5.74, 6) is 0.0121. The molecule has 0 aromatic rings. The van der Waals surface area contributed by atoms with Crippen LogP contribution in [0, 0.1) is 0 Å². The van der Waals surface area contributed by atoms with Gasteiger partial charge in [-0.2, -0.15) is 0 Å². The van der Waals surface area contributed by atoms with Crippen molar-refractivity contribution in [3.63, 3.8) is 0 Å². The van der Waals surface area contributed by atoms with E-state index in [9.17, 15) is 9.59 Å². The second-order valence-corrected chi connectivity index (χ2v) is 6.47. The molecule has 1 N–H and O–H groups in total. The lowest BCUT2D eigenvalue weighted by molar-refractivity contribution is -0.137. The summed E-state index contributed by atoms with van der Waals surface area (Å²) in [6.07, 6.45) is 2.34. The SMILES string of the molecule is CN(CCCCN1CCOCC1)C(=O)CC1C(=O)NCCN1C. The van der Waals surface area contributed by atoms with Gasteiger partial charge in [-0.05, 0) is 26.4 Å². The normalized spacial score (nSPS) is 23.6. The predicted molar refractivity (Wildman–Crippen MR) is 88.2 cm³/mol. The van der Waals surface area contributed by atoms with Crippen molar-refractivity contribution < 1.29 is 14.3 Å². The van der Waals surface area contributed by atoms with Crippen LogP contribution in [-0.4, -0.2) is 99.1 Å². The van der Waals surface area contributed by atoms with E-state index < -0.39 is 0 Å². The van der Waals surface area contributed by atoms with Crippen molar-refractivity contribution in [1.82, 2.24) is 20.0 Å². The molecule has 2 fully saturated rings. The first-order valence-corrected chi connectivity index (χ1v) is 8.60. The number of hydrogen-bond donors (Lipinski definition) is 1. The van der Waals surface area contributed by atoms with Gasteiger partial charge in [-0.1, -0.05) is 0 Å². The zero-order chi connectivity index (χ0) is 16.7. The Morgan fingerprint density at radius 1 is 1.30 bits per heavy atom. The number of carbonyl (C=O) groups is 2. The first-order chi connectivity index (χ1) is 11.1. The smallest absolute Gasteiger partial charge is 0.237 e. The largest absolute Gasteiger partial charge is 0.379 e. The van der Waals surface area contributed by atoms with E-state index in [1.165, 1.54) is 0 Å². The minimum absolute atomic E-state index is 0.0344. The molecule has 0 spiro atoms. The number of nitrogens with zero attached hydrogens (tertiary/aromatic N) is 3. The number of rotatable bonds is 7. The van der Waals surface area contributed by atoms with Crippen LogP contribution < -0.4 is 5.32 Å². The molecule has 2 aliphatic rings. The number of unbranched alkanes of at least 4 members (excludes halogenated alkanes) is 1. The number of amides is 2. The first-order valence-electron chi connectivity index (χ1n) is 8.60. The molecule has 2 aliphatic heterocycles. The van der Waals surface area contributed by atoms with Crippen molar-refractivity contribution in [1.29, 1.82) is 0 Å². The quantitative estimate of drug-likeness (QED) is 0.632. The lowest BCUT2D eigenvalue weighted by atomic mass is 10.1. The zero-order valence-corrected chi connectivity index (χ0v) is 14.4. The second kappa shape index (κ2) is 9.20. The van der Waals surface area contributed by atoms with Gasteiger partial charge in [0.1, 0.15) is 0 Å². The monoisotopic (exact) mass is 326 g/mol. The van der Waals surface area contributed by atoms with Crippen molar-refractivity contribution in [3.05, 3.63) is 0 Å². The second-order valence-electron chi connectivity index (χ2n) is 6.47. The number of morpholine rings is 1. The summed E-state index contributed by atoms with van der Waals surface area (Å²) in [5.41, 5.74) is 0. The minimum atomic E-state index is -0.327. The molecule has 23 heavy (non-hydrogen) atoms. The van der Waals surface area contributed by atoms with E-state index in [0.717, 1.165) is 58.8 Å². The highest BCUT2D eigenvalue weighted by Gasteiger charge is 2.29. The van der Waals surface area contributed by atoms with Crippen molar-refractivity contribution >= 4 is 11.8 Å². The van der Waals surface area contributed by atoms with E-state index in [1.807, 2.05) is 19.0 Å². The molecule has 0 saturated carbocycles. The average Bonchev–Trinajstić information content (AvgIpc) is 2.55. The van der Waals surface area contributed by atoms with Gasteiger partial charge in [-0.15, -0.1) is 0 Å². The summed E-state index contributed by atoms with van der Waals surface area (Å²) in [4.78, 5) is 30.3. The maximum absolute atomic E-state index is 12.3. The van der Waals surface area contributed by atoms with Crippen LogP contribution >= 0.6 is 0 Å². The highest BCUT2D eigenvalue weighted by molar-refractivity contribution is 5.88. The first kappa shape index (κ1) is 18.2. The predicted octanol–water partition coefficient (Wildman–Crippen LogP) is -0.622. The van der Waals surface area contributed by atoms with Crippen LogP contribution in [0.25, 0.3) is 0 Å². The fourth-order valence-corrected chi connectivity index (χ4v) is 3.03. The summed E-state index contributed by atoms with van der Waals surface area (Å²) >= 11 is 0. The third kappa shape index (κ3) is 5.75. The Balaban J connectivity index is 1.63. The Hall–Kier alpha value is -1.18. The van der Waals surface area contributed by atoms with Crippen LogP contribution in [0.4, 0.5) is 0 Å². The van der Waals surface area contributed by atoms with E-state index in [4.69, 9.17) is 4.74 Å². The van der Waals surface area contributed by atoms with Gasteiger partial charge >= 0.3 is 0 Å². The Morgan fingerprint density at radius 2 is 2.04 bits per heavy atom. The summed E-state index contributed by atoms with van der Waals surface area (Å²) in [7, 11) is 3.73. The molecule has 0 aromatic carbocycles. The lowest BCUT2D eigenvalue weighted by Crippen LogP contribution is -2.55. The van der Waals surface area contributed by atoms with Crippen molar-refractivity contribution in [2.45, 2.75) is 25.3 Å². The molecular weight excluding hydrogens is 296 g/mol. The molecule has 2 saturated heterocycles. The van der Waals surface area contributed by atoms with Gasteiger partial charge in [-0.25, -0.2) is 0 Å². The summed E-state index contributed by atoms with van der Waals surface area (Å²) in [6.45, 7) is 6.96. The molecule has 2 heterocycles. The molecule has 7 heteroatoms.